The van der Waals surface area contributed by atoms with Gasteiger partial charge < -0.3 is 21.3 Å². The van der Waals surface area contributed by atoms with Crippen LogP contribution in [0.3, 0.4) is 0 Å². The van der Waals surface area contributed by atoms with Gasteiger partial charge in [-0.05, 0) is 68.6 Å². The Morgan fingerprint density at radius 3 is 2.19 bits per heavy atom. The van der Waals surface area contributed by atoms with Crippen LogP contribution >= 0.6 is 0 Å². The van der Waals surface area contributed by atoms with Crippen LogP contribution in [0, 0.1) is 23.7 Å². The van der Waals surface area contributed by atoms with Crippen LogP contribution in [0.15, 0.2) is 0 Å². The highest BCUT2D eigenvalue weighted by atomic mass is 16.2. The van der Waals surface area contributed by atoms with Gasteiger partial charge in [0.2, 0.25) is 5.91 Å². The van der Waals surface area contributed by atoms with Crippen molar-refractivity contribution in [1.29, 1.82) is 0 Å². The summed E-state index contributed by atoms with van der Waals surface area (Å²) in [5.74, 6) is 2.90. The van der Waals surface area contributed by atoms with Crippen molar-refractivity contribution in [2.75, 3.05) is 20.1 Å². The number of amides is 3. The summed E-state index contributed by atoms with van der Waals surface area (Å²) in [4.78, 5) is 26.4. The van der Waals surface area contributed by atoms with E-state index in [1.54, 1.807) is 4.90 Å². The van der Waals surface area contributed by atoms with Gasteiger partial charge in [-0.15, -0.1) is 0 Å². The first kappa shape index (κ1) is 20.4. The summed E-state index contributed by atoms with van der Waals surface area (Å²) < 4.78 is 0. The van der Waals surface area contributed by atoms with Crippen LogP contribution in [-0.4, -0.2) is 48.6 Å². The number of carbonyl (C=O) groups excluding carboxylic acids is 2. The van der Waals surface area contributed by atoms with Crippen molar-refractivity contribution in [3.8, 4) is 0 Å². The lowest BCUT2D eigenvalue weighted by molar-refractivity contribution is -0.129. The number of hydrogen-bond acceptors (Lipinski definition) is 3. The van der Waals surface area contributed by atoms with E-state index < -0.39 is 0 Å². The molecule has 4 aliphatic carbocycles. The van der Waals surface area contributed by atoms with Gasteiger partial charge in [0.05, 0.1) is 0 Å². The number of rotatable bonds is 8. The Bertz CT molecular complexity index is 513. The standard InChI is InChI=1S/C21H38N4O2/c1-14(2)18(22)5-7-25(3)19(26)4-6-23-20(27)24-21-11-15-8-16(12-21)10-17(9-15)13-21/h14-18H,4-13,22H2,1-3H3,(H2,23,24,27). The first-order valence-corrected chi connectivity index (χ1v) is 10.8. The van der Waals surface area contributed by atoms with Gasteiger partial charge in [0.1, 0.15) is 0 Å². The SMILES string of the molecule is CC(C)C(N)CCN(C)C(=O)CCNC(=O)NC12CC3CC(CC(C3)C1)C2. The topological polar surface area (TPSA) is 87.5 Å². The van der Waals surface area contributed by atoms with Crippen LogP contribution in [0.2, 0.25) is 0 Å². The molecule has 6 heteroatoms. The van der Waals surface area contributed by atoms with Crippen molar-refractivity contribution >= 4 is 11.9 Å². The molecule has 4 bridgehead atoms. The van der Waals surface area contributed by atoms with Crippen LogP contribution < -0.4 is 16.4 Å². The Kier molecular flexibility index (Phi) is 6.34. The molecule has 0 aromatic heterocycles. The van der Waals surface area contributed by atoms with E-state index in [2.05, 4.69) is 24.5 Å². The monoisotopic (exact) mass is 378 g/mol. The molecule has 0 spiro atoms. The lowest BCUT2D eigenvalue weighted by atomic mass is 9.53. The van der Waals surface area contributed by atoms with E-state index in [1.807, 2.05) is 7.05 Å². The summed E-state index contributed by atoms with van der Waals surface area (Å²) in [7, 11) is 1.81. The summed E-state index contributed by atoms with van der Waals surface area (Å²) in [5, 5.41) is 6.19. The summed E-state index contributed by atoms with van der Waals surface area (Å²) in [6, 6.07) is 0.0127. The third-order valence-corrected chi connectivity index (χ3v) is 7.12. The van der Waals surface area contributed by atoms with Crippen molar-refractivity contribution in [3.63, 3.8) is 0 Å². The fourth-order valence-electron chi connectivity index (χ4n) is 5.82. The minimum absolute atomic E-state index is 0.0205. The summed E-state index contributed by atoms with van der Waals surface area (Å²) >= 11 is 0. The van der Waals surface area contributed by atoms with Crippen LogP contribution in [0.4, 0.5) is 4.79 Å². The molecule has 1 atom stereocenters. The second-order valence-electron chi connectivity index (χ2n) is 9.84. The quantitative estimate of drug-likeness (QED) is 0.606. The fraction of sp³-hybridized carbons (Fsp3) is 0.905. The Labute approximate surface area is 164 Å². The first-order chi connectivity index (χ1) is 12.8. The molecule has 4 aliphatic rings. The number of hydrogen-bond donors (Lipinski definition) is 3. The lowest BCUT2D eigenvalue weighted by Gasteiger charge is -2.56. The highest BCUT2D eigenvalue weighted by molar-refractivity contribution is 5.78. The third-order valence-electron chi connectivity index (χ3n) is 7.12. The van der Waals surface area contributed by atoms with Crippen LogP contribution in [0.25, 0.3) is 0 Å². The predicted octanol–water partition coefficient (Wildman–Crippen LogP) is 2.48. The van der Waals surface area contributed by atoms with Crippen molar-refractivity contribution < 1.29 is 9.59 Å². The number of nitrogens with zero attached hydrogens (tertiary/aromatic N) is 1. The molecular weight excluding hydrogens is 340 g/mol. The summed E-state index contributed by atoms with van der Waals surface area (Å²) in [6.07, 6.45) is 8.66. The first-order valence-electron chi connectivity index (χ1n) is 10.8. The highest BCUT2D eigenvalue weighted by Gasteiger charge is 2.51. The van der Waals surface area contributed by atoms with E-state index in [0.717, 1.165) is 43.4 Å². The summed E-state index contributed by atoms with van der Waals surface area (Å²) in [6.45, 7) is 5.24. The molecule has 0 aliphatic heterocycles. The average molecular weight is 379 g/mol. The van der Waals surface area contributed by atoms with E-state index >= 15 is 0 Å². The number of nitrogens with two attached hydrogens (primary N) is 1. The molecule has 27 heavy (non-hydrogen) atoms. The molecule has 3 amide bonds. The molecule has 4 fully saturated rings. The molecule has 4 rings (SSSR count). The maximum absolute atomic E-state index is 12.4. The van der Waals surface area contributed by atoms with Crippen LogP contribution in [-0.2, 0) is 4.79 Å². The molecule has 0 radical (unpaired) electrons. The van der Waals surface area contributed by atoms with Crippen LogP contribution in [0.1, 0.15) is 65.2 Å². The molecule has 6 nitrogen and oxygen atoms in total. The number of carbonyl (C=O) groups is 2. The molecule has 0 heterocycles. The highest BCUT2D eigenvalue weighted by Crippen LogP contribution is 2.55. The van der Waals surface area contributed by atoms with E-state index in [-0.39, 0.29) is 23.5 Å². The zero-order chi connectivity index (χ0) is 19.6. The smallest absolute Gasteiger partial charge is 0.315 e. The van der Waals surface area contributed by atoms with Crippen LogP contribution in [0.5, 0.6) is 0 Å². The maximum Gasteiger partial charge on any atom is 0.315 e. The fourth-order valence-corrected chi connectivity index (χ4v) is 5.82. The largest absolute Gasteiger partial charge is 0.346 e. The van der Waals surface area contributed by atoms with Gasteiger partial charge in [0.15, 0.2) is 0 Å². The normalized spacial score (nSPS) is 32.4. The van der Waals surface area contributed by atoms with Crippen molar-refractivity contribution in [1.82, 2.24) is 15.5 Å². The Morgan fingerprint density at radius 2 is 1.67 bits per heavy atom. The number of nitrogens with one attached hydrogen (secondary N) is 2. The molecule has 0 aromatic rings. The van der Waals surface area contributed by atoms with Gasteiger partial charge in [0.25, 0.3) is 0 Å². The van der Waals surface area contributed by atoms with Gasteiger partial charge in [-0.2, -0.15) is 0 Å². The molecule has 0 saturated heterocycles. The molecule has 1 unspecified atom stereocenters. The van der Waals surface area contributed by atoms with E-state index in [9.17, 15) is 9.59 Å². The average Bonchev–Trinajstić information content (AvgIpc) is 2.57. The molecule has 4 N–H and O–H groups in total. The lowest BCUT2D eigenvalue weighted by Crippen LogP contribution is -2.61. The zero-order valence-electron chi connectivity index (χ0n) is 17.3. The van der Waals surface area contributed by atoms with Crippen molar-refractivity contribution in [3.05, 3.63) is 0 Å². The Balaban J connectivity index is 1.35. The second kappa shape index (κ2) is 8.38. The van der Waals surface area contributed by atoms with Gasteiger partial charge in [0, 0.05) is 38.1 Å². The molecule has 0 aromatic carbocycles. The molecular formula is C21H38N4O2. The van der Waals surface area contributed by atoms with Crippen molar-refractivity contribution in [2.24, 2.45) is 29.4 Å². The predicted molar refractivity (Wildman–Crippen MR) is 107 cm³/mol. The van der Waals surface area contributed by atoms with E-state index in [1.165, 1.54) is 19.3 Å². The van der Waals surface area contributed by atoms with Gasteiger partial charge >= 0.3 is 6.03 Å². The van der Waals surface area contributed by atoms with Gasteiger partial charge in [-0.1, -0.05) is 13.8 Å². The second-order valence-corrected chi connectivity index (χ2v) is 9.84. The Hall–Kier alpha value is -1.30. The minimum Gasteiger partial charge on any atom is -0.346 e. The number of urea groups is 1. The summed E-state index contributed by atoms with van der Waals surface area (Å²) in [5.41, 5.74) is 6.06. The zero-order valence-corrected chi connectivity index (χ0v) is 17.3. The van der Waals surface area contributed by atoms with E-state index in [0.29, 0.717) is 25.4 Å². The Morgan fingerprint density at radius 1 is 1.11 bits per heavy atom. The molecule has 4 saturated carbocycles. The van der Waals surface area contributed by atoms with E-state index in [4.69, 9.17) is 5.73 Å². The maximum atomic E-state index is 12.4. The van der Waals surface area contributed by atoms with Crippen molar-refractivity contribution in [2.45, 2.75) is 76.8 Å². The van der Waals surface area contributed by atoms with Gasteiger partial charge in [-0.3, -0.25) is 4.79 Å². The molecule has 154 valence electrons. The van der Waals surface area contributed by atoms with Gasteiger partial charge in [-0.25, -0.2) is 4.79 Å². The third kappa shape index (κ3) is 5.15. The minimum atomic E-state index is -0.103.